The van der Waals surface area contributed by atoms with Crippen LogP contribution in [0.2, 0.25) is 5.02 Å². The molecule has 0 spiro atoms. The van der Waals surface area contributed by atoms with E-state index in [0.29, 0.717) is 30.5 Å². The van der Waals surface area contributed by atoms with Gasteiger partial charge in [0.15, 0.2) is 11.5 Å². The zero-order valence-electron chi connectivity index (χ0n) is 11.2. The van der Waals surface area contributed by atoms with E-state index in [1.165, 1.54) is 0 Å². The molecule has 1 aromatic carbocycles. The molecule has 0 radical (unpaired) electrons. The Balaban J connectivity index is 1.66. The number of hydrogen-bond donors (Lipinski definition) is 1. The van der Waals surface area contributed by atoms with Crippen molar-refractivity contribution < 1.29 is 9.47 Å². The zero-order chi connectivity index (χ0) is 13.9. The zero-order valence-corrected chi connectivity index (χ0v) is 12.0. The van der Waals surface area contributed by atoms with Crippen molar-refractivity contribution in [2.45, 2.75) is 13.1 Å². The highest BCUT2D eigenvalue weighted by Crippen LogP contribution is 2.38. The lowest BCUT2D eigenvalue weighted by Crippen LogP contribution is -2.17. The predicted octanol–water partition coefficient (Wildman–Crippen LogP) is 2.13. The minimum atomic E-state index is 0.546. The maximum Gasteiger partial charge on any atom is 0.179 e. The topological polar surface area (TPSA) is 48.3 Å². The number of nitrogens with zero attached hydrogens (tertiary/aromatic N) is 2. The number of halogens is 1. The van der Waals surface area contributed by atoms with Crippen LogP contribution < -0.4 is 14.8 Å². The first kappa shape index (κ1) is 13.3. The summed E-state index contributed by atoms with van der Waals surface area (Å²) >= 11 is 6.20. The van der Waals surface area contributed by atoms with Gasteiger partial charge in [0.2, 0.25) is 0 Å². The smallest absolute Gasteiger partial charge is 0.179 e. The molecule has 2 aromatic rings. The molecule has 1 N–H and O–H groups in total. The van der Waals surface area contributed by atoms with Crippen molar-refractivity contribution in [2.75, 3.05) is 13.2 Å². The van der Waals surface area contributed by atoms with Crippen molar-refractivity contribution in [3.05, 3.63) is 40.9 Å². The number of imidazole rings is 1. The Morgan fingerprint density at radius 3 is 2.95 bits per heavy atom. The summed E-state index contributed by atoms with van der Waals surface area (Å²) in [5.41, 5.74) is 2.20. The Morgan fingerprint density at radius 2 is 2.15 bits per heavy atom. The lowest BCUT2D eigenvalue weighted by atomic mass is 10.2. The summed E-state index contributed by atoms with van der Waals surface area (Å²) in [7, 11) is 1.98. The van der Waals surface area contributed by atoms with Crippen LogP contribution in [0.25, 0.3) is 0 Å². The summed E-state index contributed by atoms with van der Waals surface area (Å²) in [4.78, 5) is 4.08. The fourth-order valence-corrected chi connectivity index (χ4v) is 2.44. The largest absolute Gasteiger partial charge is 0.486 e. The SMILES string of the molecule is Cn1cncc1CNCc1cc(Cl)c2c(c1)OCCO2. The molecule has 106 valence electrons. The van der Waals surface area contributed by atoms with Crippen molar-refractivity contribution in [1.82, 2.24) is 14.9 Å². The number of hydrogen-bond acceptors (Lipinski definition) is 4. The molecule has 0 unspecified atom stereocenters. The van der Waals surface area contributed by atoms with Gasteiger partial charge in [0.1, 0.15) is 13.2 Å². The highest BCUT2D eigenvalue weighted by molar-refractivity contribution is 6.32. The molecule has 2 heterocycles. The molecular weight excluding hydrogens is 278 g/mol. The van der Waals surface area contributed by atoms with Gasteiger partial charge in [0.25, 0.3) is 0 Å². The van der Waals surface area contributed by atoms with Gasteiger partial charge in [-0.2, -0.15) is 0 Å². The van der Waals surface area contributed by atoms with E-state index < -0.39 is 0 Å². The number of aromatic nitrogens is 2. The number of nitrogens with one attached hydrogen (secondary N) is 1. The molecule has 0 atom stereocenters. The van der Waals surface area contributed by atoms with Gasteiger partial charge in [0, 0.05) is 26.3 Å². The van der Waals surface area contributed by atoms with Crippen LogP contribution in [0.5, 0.6) is 11.5 Å². The third-order valence-electron chi connectivity index (χ3n) is 3.21. The average molecular weight is 294 g/mol. The highest BCUT2D eigenvalue weighted by Gasteiger charge is 2.16. The van der Waals surface area contributed by atoms with Crippen LogP contribution in [-0.4, -0.2) is 22.8 Å². The minimum absolute atomic E-state index is 0.546. The Labute approximate surface area is 122 Å². The Hall–Kier alpha value is -1.72. The number of fused-ring (bicyclic) bond motifs is 1. The van der Waals surface area contributed by atoms with E-state index in [1.54, 1.807) is 6.33 Å². The predicted molar refractivity (Wildman–Crippen MR) is 76.2 cm³/mol. The van der Waals surface area contributed by atoms with Crippen LogP contribution in [0.1, 0.15) is 11.3 Å². The first-order valence-electron chi connectivity index (χ1n) is 6.48. The van der Waals surface area contributed by atoms with E-state index in [-0.39, 0.29) is 0 Å². The van der Waals surface area contributed by atoms with E-state index in [0.717, 1.165) is 23.6 Å². The molecule has 0 aliphatic carbocycles. The lowest BCUT2D eigenvalue weighted by Gasteiger charge is -2.20. The summed E-state index contributed by atoms with van der Waals surface area (Å²) in [6, 6.07) is 3.88. The lowest BCUT2D eigenvalue weighted by molar-refractivity contribution is 0.171. The minimum Gasteiger partial charge on any atom is -0.486 e. The van der Waals surface area contributed by atoms with Gasteiger partial charge in [-0.25, -0.2) is 4.98 Å². The maximum atomic E-state index is 6.20. The van der Waals surface area contributed by atoms with Crippen LogP contribution in [0.3, 0.4) is 0 Å². The van der Waals surface area contributed by atoms with Crippen molar-refractivity contribution in [3.8, 4) is 11.5 Å². The normalized spacial score (nSPS) is 13.5. The van der Waals surface area contributed by atoms with Crippen LogP contribution in [-0.2, 0) is 20.1 Å². The first-order chi connectivity index (χ1) is 9.74. The second kappa shape index (κ2) is 5.73. The summed E-state index contributed by atoms with van der Waals surface area (Å²) in [6.07, 6.45) is 3.64. The monoisotopic (exact) mass is 293 g/mol. The Kier molecular flexibility index (Phi) is 3.80. The molecule has 1 aliphatic rings. The van der Waals surface area contributed by atoms with E-state index in [9.17, 15) is 0 Å². The molecule has 6 heteroatoms. The summed E-state index contributed by atoms with van der Waals surface area (Å²) in [5, 5.41) is 3.96. The van der Waals surface area contributed by atoms with E-state index in [1.807, 2.05) is 29.9 Å². The molecular formula is C14H16ClN3O2. The molecule has 0 fully saturated rings. The van der Waals surface area contributed by atoms with Crippen molar-refractivity contribution >= 4 is 11.6 Å². The van der Waals surface area contributed by atoms with E-state index in [4.69, 9.17) is 21.1 Å². The number of rotatable bonds is 4. The fourth-order valence-electron chi connectivity index (χ4n) is 2.16. The molecule has 0 saturated carbocycles. The number of ether oxygens (including phenoxy) is 2. The molecule has 5 nitrogen and oxygen atoms in total. The summed E-state index contributed by atoms with van der Waals surface area (Å²) < 4.78 is 13.1. The van der Waals surface area contributed by atoms with Crippen molar-refractivity contribution in [3.63, 3.8) is 0 Å². The maximum absolute atomic E-state index is 6.20. The Bertz CT molecular complexity index is 612. The third kappa shape index (κ3) is 2.73. The number of benzene rings is 1. The van der Waals surface area contributed by atoms with Crippen LogP contribution in [0, 0.1) is 0 Å². The van der Waals surface area contributed by atoms with E-state index in [2.05, 4.69) is 10.3 Å². The molecule has 0 bridgehead atoms. The molecule has 0 amide bonds. The highest BCUT2D eigenvalue weighted by atomic mass is 35.5. The molecule has 1 aliphatic heterocycles. The molecule has 3 rings (SSSR count). The Morgan fingerprint density at radius 1 is 1.30 bits per heavy atom. The van der Waals surface area contributed by atoms with Gasteiger partial charge >= 0.3 is 0 Å². The third-order valence-corrected chi connectivity index (χ3v) is 3.49. The molecule has 0 saturated heterocycles. The van der Waals surface area contributed by atoms with Gasteiger partial charge in [-0.3, -0.25) is 0 Å². The van der Waals surface area contributed by atoms with Gasteiger partial charge in [-0.15, -0.1) is 0 Å². The van der Waals surface area contributed by atoms with Crippen LogP contribution in [0.4, 0.5) is 0 Å². The van der Waals surface area contributed by atoms with Crippen molar-refractivity contribution in [1.29, 1.82) is 0 Å². The van der Waals surface area contributed by atoms with Crippen molar-refractivity contribution in [2.24, 2.45) is 7.05 Å². The average Bonchev–Trinajstić information content (AvgIpc) is 2.85. The quantitative estimate of drug-likeness (QED) is 0.938. The molecule has 1 aromatic heterocycles. The first-order valence-corrected chi connectivity index (χ1v) is 6.86. The van der Waals surface area contributed by atoms with Crippen LogP contribution >= 0.6 is 11.6 Å². The van der Waals surface area contributed by atoms with Gasteiger partial charge < -0.3 is 19.4 Å². The van der Waals surface area contributed by atoms with Gasteiger partial charge in [0.05, 0.1) is 17.0 Å². The van der Waals surface area contributed by atoms with Gasteiger partial charge in [-0.05, 0) is 17.7 Å². The second-order valence-electron chi connectivity index (χ2n) is 4.70. The summed E-state index contributed by atoms with van der Waals surface area (Å²) in [5.74, 6) is 1.37. The van der Waals surface area contributed by atoms with E-state index >= 15 is 0 Å². The van der Waals surface area contributed by atoms with Crippen LogP contribution in [0.15, 0.2) is 24.7 Å². The second-order valence-corrected chi connectivity index (χ2v) is 5.11. The fraction of sp³-hybridized carbons (Fsp3) is 0.357. The number of aryl methyl sites for hydroxylation is 1. The molecule has 20 heavy (non-hydrogen) atoms. The summed E-state index contributed by atoms with van der Waals surface area (Å²) in [6.45, 7) is 2.57. The van der Waals surface area contributed by atoms with Gasteiger partial charge in [-0.1, -0.05) is 11.6 Å². The standard InChI is InChI=1S/C14H16ClN3O2/c1-18-9-17-8-11(18)7-16-6-10-4-12(15)14-13(5-10)19-2-3-20-14/h4-5,8-9,16H,2-3,6-7H2,1H3.